The molecule has 0 fully saturated rings. The van der Waals surface area contributed by atoms with E-state index in [-0.39, 0.29) is 25.3 Å². The molecule has 0 bridgehead atoms. The molecule has 0 aliphatic heterocycles. The van der Waals surface area contributed by atoms with E-state index < -0.39 is 23.3 Å². The van der Waals surface area contributed by atoms with E-state index in [4.69, 9.17) is 5.11 Å². The molecule has 3 N–H and O–H groups in total. The van der Waals surface area contributed by atoms with Gasteiger partial charge in [0, 0.05) is 18.2 Å². The van der Waals surface area contributed by atoms with Gasteiger partial charge in [-0.05, 0) is 30.7 Å². The molecule has 2 heterocycles. The van der Waals surface area contributed by atoms with Gasteiger partial charge in [-0.1, -0.05) is 6.07 Å². The third kappa shape index (κ3) is 3.92. The zero-order chi connectivity index (χ0) is 20.5. The van der Waals surface area contributed by atoms with Gasteiger partial charge in [0.2, 0.25) is 0 Å². The van der Waals surface area contributed by atoms with Gasteiger partial charge in [-0.25, -0.2) is 4.98 Å². The number of hydrogen-bond donors (Lipinski definition) is 3. The number of pyridine rings is 1. The van der Waals surface area contributed by atoms with E-state index in [2.05, 4.69) is 15.4 Å². The molecule has 1 unspecified atom stereocenters. The molecule has 150 valence electrons. The summed E-state index contributed by atoms with van der Waals surface area (Å²) in [6.07, 6.45) is -1.02. The summed E-state index contributed by atoms with van der Waals surface area (Å²) < 4.78 is 40.1. The van der Waals surface area contributed by atoms with Gasteiger partial charge in [-0.3, -0.25) is 9.48 Å². The average Bonchev–Trinajstić information content (AvgIpc) is 3.01. The van der Waals surface area contributed by atoms with Crippen LogP contribution in [0.5, 0.6) is 0 Å². The van der Waals surface area contributed by atoms with Crippen LogP contribution in [0.1, 0.15) is 34.4 Å². The Morgan fingerprint density at radius 2 is 2.11 bits per heavy atom. The minimum atomic E-state index is -4.66. The third-order valence-electron chi connectivity index (χ3n) is 4.59. The average molecular weight is 396 g/mol. The second-order valence-corrected chi connectivity index (χ2v) is 6.72. The van der Waals surface area contributed by atoms with Crippen LogP contribution in [-0.2, 0) is 19.1 Å². The number of alkyl halides is 3. The van der Waals surface area contributed by atoms with E-state index in [1.807, 2.05) is 0 Å². The summed E-state index contributed by atoms with van der Waals surface area (Å²) in [5, 5.41) is 25.8. The maximum atomic E-state index is 12.8. The van der Waals surface area contributed by atoms with Crippen LogP contribution in [0.4, 0.5) is 13.2 Å². The maximum Gasteiger partial charge on any atom is 0.433 e. The van der Waals surface area contributed by atoms with Crippen LogP contribution in [0.15, 0.2) is 30.0 Å². The summed E-state index contributed by atoms with van der Waals surface area (Å²) in [5.74, 6) is -0.779. The molecule has 0 aromatic carbocycles. The van der Waals surface area contributed by atoms with Gasteiger partial charge in [0.25, 0.3) is 5.91 Å². The third-order valence-corrected chi connectivity index (χ3v) is 4.59. The number of nitrogens with zero attached hydrogens (tertiary/aromatic N) is 3. The minimum Gasteiger partial charge on any atom is -0.394 e. The van der Waals surface area contributed by atoms with Crippen LogP contribution in [0, 0.1) is 0 Å². The zero-order valence-electron chi connectivity index (χ0n) is 15.0. The summed E-state index contributed by atoms with van der Waals surface area (Å²) in [4.78, 5) is 16.0. The first-order chi connectivity index (χ1) is 13.2. The molecule has 0 spiro atoms. The number of hydrogen-bond acceptors (Lipinski definition) is 5. The van der Waals surface area contributed by atoms with E-state index in [9.17, 15) is 23.1 Å². The van der Waals surface area contributed by atoms with Crippen molar-refractivity contribution in [2.24, 2.45) is 0 Å². The van der Waals surface area contributed by atoms with Crippen molar-refractivity contribution < 1.29 is 28.2 Å². The molecule has 7 nitrogen and oxygen atoms in total. The highest BCUT2D eigenvalue weighted by Gasteiger charge is 2.37. The Bertz CT molecular complexity index is 923. The Morgan fingerprint density at radius 1 is 1.36 bits per heavy atom. The lowest BCUT2D eigenvalue weighted by atomic mass is 9.80. The SMILES string of the molecule is CC1(NC(=O)c2cccc(C(F)(F)F)n2)Cc2cn(CCO)nc2C=C1CO. The molecule has 0 saturated carbocycles. The zero-order valence-corrected chi connectivity index (χ0v) is 15.0. The molecule has 1 amide bonds. The lowest BCUT2D eigenvalue weighted by molar-refractivity contribution is -0.141. The van der Waals surface area contributed by atoms with Gasteiger partial charge in [-0.15, -0.1) is 0 Å². The highest BCUT2D eigenvalue weighted by Crippen LogP contribution is 2.32. The number of fused-ring (bicyclic) bond motifs is 1. The van der Waals surface area contributed by atoms with Crippen molar-refractivity contribution in [2.45, 2.75) is 31.6 Å². The van der Waals surface area contributed by atoms with Crippen LogP contribution in [-0.4, -0.2) is 49.6 Å². The van der Waals surface area contributed by atoms with E-state index >= 15 is 0 Å². The fourth-order valence-electron chi connectivity index (χ4n) is 3.15. The molecule has 0 saturated heterocycles. The fourth-order valence-corrected chi connectivity index (χ4v) is 3.15. The van der Waals surface area contributed by atoms with E-state index in [0.717, 1.165) is 17.7 Å². The van der Waals surface area contributed by atoms with Gasteiger partial charge in [0.1, 0.15) is 11.4 Å². The first kappa shape index (κ1) is 20.0. The van der Waals surface area contributed by atoms with Crippen LogP contribution >= 0.6 is 0 Å². The number of aliphatic hydroxyl groups is 2. The standard InChI is InChI=1S/C18H19F3N4O3/c1-17(23-16(28)13-3-2-4-15(22-13)18(19,20)21)8-11-9-25(5-6-26)24-14(11)7-12(17)10-27/h2-4,7,9,26-27H,5-6,8,10H2,1H3,(H,23,28). The molecule has 0 radical (unpaired) electrons. The van der Waals surface area contributed by atoms with Crippen molar-refractivity contribution in [2.75, 3.05) is 13.2 Å². The Kier molecular flexibility index (Phi) is 5.26. The first-order valence-electron chi connectivity index (χ1n) is 8.52. The lowest BCUT2D eigenvalue weighted by Crippen LogP contribution is -2.51. The topological polar surface area (TPSA) is 100 Å². The number of halogens is 3. The number of aliphatic hydroxyl groups excluding tert-OH is 2. The second-order valence-electron chi connectivity index (χ2n) is 6.72. The molecule has 2 aromatic heterocycles. The van der Waals surface area contributed by atoms with Crippen molar-refractivity contribution in [3.8, 4) is 0 Å². The number of rotatable bonds is 5. The minimum absolute atomic E-state index is 0.0909. The Morgan fingerprint density at radius 3 is 2.75 bits per heavy atom. The predicted octanol–water partition coefficient (Wildman–Crippen LogP) is 1.41. The van der Waals surface area contributed by atoms with Crippen LogP contribution in [0.2, 0.25) is 0 Å². The van der Waals surface area contributed by atoms with Crippen LogP contribution in [0.3, 0.4) is 0 Å². The number of carbonyl (C=O) groups is 1. The summed E-state index contributed by atoms with van der Waals surface area (Å²) in [6, 6.07) is 3.11. The summed E-state index contributed by atoms with van der Waals surface area (Å²) in [7, 11) is 0. The smallest absolute Gasteiger partial charge is 0.394 e. The molecular formula is C18H19F3N4O3. The quantitative estimate of drug-likeness (QED) is 0.710. The van der Waals surface area contributed by atoms with Crippen molar-refractivity contribution in [1.29, 1.82) is 0 Å². The van der Waals surface area contributed by atoms with Crippen LogP contribution in [0.25, 0.3) is 6.08 Å². The number of nitrogens with one attached hydrogen (secondary N) is 1. The predicted molar refractivity (Wildman–Crippen MR) is 93.2 cm³/mol. The number of aromatic nitrogens is 3. The fraction of sp³-hybridized carbons (Fsp3) is 0.389. The van der Waals surface area contributed by atoms with E-state index in [0.29, 0.717) is 17.8 Å². The van der Waals surface area contributed by atoms with Gasteiger partial charge < -0.3 is 15.5 Å². The van der Waals surface area contributed by atoms with Crippen LogP contribution < -0.4 is 5.32 Å². The molecule has 3 rings (SSSR count). The molecule has 10 heteroatoms. The molecule has 28 heavy (non-hydrogen) atoms. The summed E-state index contributed by atoms with van der Waals surface area (Å²) >= 11 is 0. The Balaban J connectivity index is 1.87. The second kappa shape index (κ2) is 7.36. The first-order valence-corrected chi connectivity index (χ1v) is 8.52. The van der Waals surface area contributed by atoms with Crippen molar-refractivity contribution in [3.05, 3.63) is 52.6 Å². The van der Waals surface area contributed by atoms with Gasteiger partial charge in [0.05, 0.1) is 31.0 Å². The molecule has 2 aromatic rings. The van der Waals surface area contributed by atoms with E-state index in [1.54, 1.807) is 23.9 Å². The normalized spacial score (nSPS) is 19.1. The number of carbonyl (C=O) groups excluding carboxylic acids is 1. The Hall–Kier alpha value is -2.72. The van der Waals surface area contributed by atoms with E-state index in [1.165, 1.54) is 6.07 Å². The molecule has 1 atom stereocenters. The summed E-state index contributed by atoms with van der Waals surface area (Å²) in [5.41, 5.74) is -0.682. The summed E-state index contributed by atoms with van der Waals surface area (Å²) in [6.45, 7) is 1.52. The van der Waals surface area contributed by atoms with Gasteiger partial charge in [0.15, 0.2) is 0 Å². The molecular weight excluding hydrogens is 377 g/mol. The van der Waals surface area contributed by atoms with Crippen molar-refractivity contribution in [3.63, 3.8) is 0 Å². The number of amides is 1. The van der Waals surface area contributed by atoms with Crippen molar-refractivity contribution >= 4 is 12.0 Å². The van der Waals surface area contributed by atoms with Crippen molar-refractivity contribution in [1.82, 2.24) is 20.1 Å². The highest BCUT2D eigenvalue weighted by molar-refractivity contribution is 5.93. The van der Waals surface area contributed by atoms with Gasteiger partial charge in [-0.2, -0.15) is 18.3 Å². The largest absolute Gasteiger partial charge is 0.433 e. The monoisotopic (exact) mass is 396 g/mol. The maximum absolute atomic E-state index is 12.8. The molecule has 1 aliphatic carbocycles. The lowest BCUT2D eigenvalue weighted by Gasteiger charge is -2.35. The van der Waals surface area contributed by atoms with Gasteiger partial charge >= 0.3 is 6.18 Å². The molecule has 1 aliphatic rings. The highest BCUT2D eigenvalue weighted by atomic mass is 19.4. The Labute approximate surface area is 158 Å².